The highest BCUT2D eigenvalue weighted by atomic mass is 19.3. The van der Waals surface area contributed by atoms with E-state index in [2.05, 4.69) is 15.6 Å². The Morgan fingerprint density at radius 3 is 2.62 bits per heavy atom. The molecular formula is C20H28F2N4O3. The molecule has 3 rings (SSSR count). The molecule has 7 nitrogen and oxygen atoms in total. The van der Waals surface area contributed by atoms with Crippen molar-refractivity contribution in [1.29, 1.82) is 0 Å². The summed E-state index contributed by atoms with van der Waals surface area (Å²) >= 11 is 0. The molecule has 2 aliphatic rings. The van der Waals surface area contributed by atoms with Gasteiger partial charge in [0.05, 0.1) is 25.4 Å². The number of carbonyl (C=O) groups is 2. The first-order chi connectivity index (χ1) is 13.8. The van der Waals surface area contributed by atoms with Crippen LogP contribution < -0.4 is 20.3 Å². The minimum absolute atomic E-state index is 0.00413. The van der Waals surface area contributed by atoms with Crippen molar-refractivity contribution in [2.45, 2.75) is 51.5 Å². The number of ether oxygens (including phenoxy) is 1. The van der Waals surface area contributed by atoms with Gasteiger partial charge in [-0.1, -0.05) is 13.8 Å². The van der Waals surface area contributed by atoms with Crippen LogP contribution >= 0.6 is 0 Å². The van der Waals surface area contributed by atoms with Crippen LogP contribution in [-0.2, 0) is 4.79 Å². The predicted molar refractivity (Wildman–Crippen MR) is 104 cm³/mol. The fourth-order valence-electron chi connectivity index (χ4n) is 3.06. The first-order valence-electron chi connectivity index (χ1n) is 10.2. The summed E-state index contributed by atoms with van der Waals surface area (Å²) in [5.41, 5.74) is 0.312. The van der Waals surface area contributed by atoms with E-state index in [0.717, 1.165) is 19.3 Å². The number of pyridine rings is 1. The lowest BCUT2D eigenvalue weighted by atomic mass is 10.1. The van der Waals surface area contributed by atoms with Crippen LogP contribution in [0.25, 0.3) is 0 Å². The molecule has 1 saturated heterocycles. The average molecular weight is 410 g/mol. The van der Waals surface area contributed by atoms with Gasteiger partial charge < -0.3 is 20.3 Å². The van der Waals surface area contributed by atoms with E-state index in [9.17, 15) is 18.4 Å². The number of nitrogens with zero attached hydrogens (tertiary/aromatic N) is 2. The Bertz CT molecular complexity index is 747. The Kier molecular flexibility index (Phi) is 6.54. The number of halogens is 2. The monoisotopic (exact) mass is 410 g/mol. The molecule has 1 saturated carbocycles. The molecule has 0 aromatic carbocycles. The fourth-order valence-corrected chi connectivity index (χ4v) is 3.06. The Morgan fingerprint density at radius 2 is 2.03 bits per heavy atom. The van der Waals surface area contributed by atoms with E-state index in [4.69, 9.17) is 4.74 Å². The summed E-state index contributed by atoms with van der Waals surface area (Å²) < 4.78 is 32.3. The molecular weight excluding hydrogens is 382 g/mol. The number of anilines is 1. The largest absolute Gasteiger partial charge is 0.477 e. The Hall–Kier alpha value is -2.45. The van der Waals surface area contributed by atoms with Crippen LogP contribution in [0.5, 0.6) is 5.88 Å². The van der Waals surface area contributed by atoms with Crippen molar-refractivity contribution in [3.8, 4) is 5.88 Å². The van der Waals surface area contributed by atoms with E-state index in [1.807, 2.05) is 6.92 Å². The maximum Gasteiger partial charge on any atom is 0.282 e. The topological polar surface area (TPSA) is 83.6 Å². The molecule has 0 bridgehead atoms. The van der Waals surface area contributed by atoms with Gasteiger partial charge in [-0.25, -0.2) is 13.8 Å². The number of amides is 2. The first kappa shape index (κ1) is 21.3. The van der Waals surface area contributed by atoms with Crippen LogP contribution in [0, 0.1) is 5.92 Å². The minimum atomic E-state index is -2.78. The second-order valence-electron chi connectivity index (χ2n) is 7.71. The highest BCUT2D eigenvalue weighted by Gasteiger charge is 2.45. The molecule has 1 atom stereocenters. The van der Waals surface area contributed by atoms with E-state index in [-0.39, 0.29) is 17.5 Å². The normalized spacial score (nSPS) is 18.6. The number of alkyl halides is 2. The maximum absolute atomic E-state index is 13.4. The van der Waals surface area contributed by atoms with E-state index < -0.39 is 31.0 Å². The smallest absolute Gasteiger partial charge is 0.282 e. The van der Waals surface area contributed by atoms with E-state index in [1.54, 1.807) is 19.1 Å². The van der Waals surface area contributed by atoms with Gasteiger partial charge in [0.2, 0.25) is 11.8 Å². The van der Waals surface area contributed by atoms with Gasteiger partial charge in [-0.2, -0.15) is 0 Å². The van der Waals surface area contributed by atoms with Gasteiger partial charge in [0.1, 0.15) is 6.04 Å². The predicted octanol–water partition coefficient (Wildman–Crippen LogP) is 2.36. The zero-order chi connectivity index (χ0) is 21.0. The number of carbonyl (C=O) groups excluding carboxylic acids is 2. The molecule has 1 aliphatic heterocycles. The van der Waals surface area contributed by atoms with Crippen molar-refractivity contribution in [2.75, 3.05) is 31.1 Å². The number of hydrogen-bond acceptors (Lipinski definition) is 5. The lowest BCUT2D eigenvalue weighted by Crippen LogP contribution is -2.57. The molecule has 1 aromatic heterocycles. The summed E-state index contributed by atoms with van der Waals surface area (Å²) in [4.78, 5) is 30.8. The molecule has 1 aromatic rings. The third-order valence-corrected chi connectivity index (χ3v) is 4.99. The Labute approximate surface area is 169 Å². The van der Waals surface area contributed by atoms with Crippen molar-refractivity contribution in [1.82, 2.24) is 15.6 Å². The molecule has 1 aliphatic carbocycles. The standard InChI is InChI=1S/C20H28F2N4O3/c1-3-9-23-18(27)14(4-2)24-19(28)17-15(26-11-20(21,22)12-26)7-8-16(25-17)29-10-13-5-6-13/h7-8,13-14H,3-6,9-12H2,1-2H3,(H,23,27)(H,24,28). The van der Waals surface area contributed by atoms with Gasteiger partial charge in [-0.15, -0.1) is 0 Å². The molecule has 2 heterocycles. The molecule has 9 heteroatoms. The van der Waals surface area contributed by atoms with Crippen LogP contribution in [-0.4, -0.2) is 55.0 Å². The fraction of sp³-hybridized carbons (Fsp3) is 0.650. The van der Waals surface area contributed by atoms with E-state index >= 15 is 0 Å². The summed E-state index contributed by atoms with van der Waals surface area (Å²) in [7, 11) is 0. The third kappa shape index (κ3) is 5.55. The maximum atomic E-state index is 13.4. The zero-order valence-electron chi connectivity index (χ0n) is 16.8. The second kappa shape index (κ2) is 8.92. The van der Waals surface area contributed by atoms with Crippen LogP contribution in [0.15, 0.2) is 12.1 Å². The quantitative estimate of drug-likeness (QED) is 0.619. The van der Waals surface area contributed by atoms with Crippen LogP contribution in [0.2, 0.25) is 0 Å². The number of aromatic nitrogens is 1. The summed E-state index contributed by atoms with van der Waals surface area (Å²) in [5.74, 6) is -2.84. The number of nitrogens with one attached hydrogen (secondary N) is 2. The van der Waals surface area contributed by atoms with Crippen molar-refractivity contribution in [3.05, 3.63) is 17.8 Å². The van der Waals surface area contributed by atoms with Crippen molar-refractivity contribution < 1.29 is 23.1 Å². The molecule has 2 N–H and O–H groups in total. The van der Waals surface area contributed by atoms with Crippen molar-refractivity contribution >= 4 is 17.5 Å². The highest BCUT2D eigenvalue weighted by Crippen LogP contribution is 2.35. The first-order valence-corrected chi connectivity index (χ1v) is 10.2. The molecule has 29 heavy (non-hydrogen) atoms. The van der Waals surface area contributed by atoms with Gasteiger partial charge in [0.25, 0.3) is 11.8 Å². The van der Waals surface area contributed by atoms with E-state index in [1.165, 1.54) is 4.90 Å². The number of hydrogen-bond donors (Lipinski definition) is 2. The lowest BCUT2D eigenvalue weighted by Gasteiger charge is -2.40. The Morgan fingerprint density at radius 1 is 1.31 bits per heavy atom. The molecule has 0 radical (unpaired) electrons. The van der Waals surface area contributed by atoms with Gasteiger partial charge in [0.15, 0.2) is 5.69 Å². The van der Waals surface area contributed by atoms with Gasteiger partial charge >= 0.3 is 0 Å². The summed E-state index contributed by atoms with van der Waals surface area (Å²) in [6, 6.07) is 2.45. The molecule has 2 fully saturated rings. The van der Waals surface area contributed by atoms with Crippen molar-refractivity contribution in [3.63, 3.8) is 0 Å². The van der Waals surface area contributed by atoms with Gasteiger partial charge in [-0.05, 0) is 37.7 Å². The van der Waals surface area contributed by atoms with Gasteiger partial charge in [0, 0.05) is 12.6 Å². The van der Waals surface area contributed by atoms with Crippen molar-refractivity contribution in [2.24, 2.45) is 5.92 Å². The minimum Gasteiger partial charge on any atom is -0.477 e. The summed E-state index contributed by atoms with van der Waals surface area (Å²) in [5, 5.41) is 5.43. The van der Waals surface area contributed by atoms with Crippen LogP contribution in [0.4, 0.5) is 14.5 Å². The molecule has 0 spiro atoms. The molecule has 160 valence electrons. The summed E-state index contributed by atoms with van der Waals surface area (Å²) in [6.07, 6.45) is 3.40. The average Bonchev–Trinajstić information content (AvgIpc) is 3.50. The SMILES string of the molecule is CCCNC(=O)C(CC)NC(=O)c1nc(OCC2CC2)ccc1N1CC(F)(F)C1. The summed E-state index contributed by atoms with van der Waals surface area (Å²) in [6.45, 7) is 3.83. The third-order valence-electron chi connectivity index (χ3n) is 4.99. The van der Waals surface area contributed by atoms with Gasteiger partial charge in [-0.3, -0.25) is 9.59 Å². The molecule has 2 amide bonds. The van der Waals surface area contributed by atoms with Crippen LogP contribution in [0.1, 0.15) is 50.0 Å². The number of rotatable bonds is 10. The Balaban J connectivity index is 1.76. The highest BCUT2D eigenvalue weighted by molar-refractivity contribution is 6.00. The van der Waals surface area contributed by atoms with E-state index in [0.29, 0.717) is 31.2 Å². The zero-order valence-corrected chi connectivity index (χ0v) is 16.8. The lowest BCUT2D eigenvalue weighted by molar-refractivity contribution is -0.123. The van der Waals surface area contributed by atoms with Crippen LogP contribution in [0.3, 0.4) is 0 Å². The molecule has 1 unspecified atom stereocenters. The second-order valence-corrected chi connectivity index (χ2v) is 7.71.